The molecule has 1 heteroatoms. The van der Waals surface area contributed by atoms with Crippen LogP contribution in [-0.4, -0.2) is 6.61 Å². The highest BCUT2D eigenvalue weighted by Crippen LogP contribution is 2.12. The lowest BCUT2D eigenvalue weighted by molar-refractivity contribution is 0.151. The first kappa shape index (κ1) is 8.54. The summed E-state index contributed by atoms with van der Waals surface area (Å²) in [5.74, 6) is 0. The van der Waals surface area contributed by atoms with E-state index in [1.165, 1.54) is 0 Å². The van der Waals surface area contributed by atoms with E-state index < -0.39 is 0 Å². The third kappa shape index (κ3) is 7.54. The molecule has 0 atom stereocenters. The minimum Gasteiger partial charge on any atom is -0.501 e. The fraction of sp³-hybridized carbons (Fsp3) is 0.750. The maximum Gasteiger partial charge on any atom is 0.0921 e. The molecular weight excluding hydrogens is 112 g/mol. The predicted molar refractivity (Wildman–Crippen MR) is 40.2 cm³/mol. The van der Waals surface area contributed by atoms with E-state index in [1.807, 2.05) is 13.0 Å². The van der Waals surface area contributed by atoms with Crippen molar-refractivity contribution in [2.75, 3.05) is 6.61 Å². The summed E-state index contributed by atoms with van der Waals surface area (Å²) in [5, 5.41) is 0. The first-order chi connectivity index (χ1) is 4.06. The van der Waals surface area contributed by atoms with E-state index in [0.717, 1.165) is 6.61 Å². The van der Waals surface area contributed by atoms with Gasteiger partial charge in [-0.3, -0.25) is 0 Å². The van der Waals surface area contributed by atoms with E-state index in [2.05, 4.69) is 20.8 Å². The summed E-state index contributed by atoms with van der Waals surface area (Å²) in [5.41, 5.74) is 0.277. The molecule has 0 radical (unpaired) electrons. The van der Waals surface area contributed by atoms with Crippen LogP contribution in [0, 0.1) is 5.41 Å². The first-order valence-electron chi connectivity index (χ1n) is 3.29. The van der Waals surface area contributed by atoms with Gasteiger partial charge < -0.3 is 4.74 Å². The van der Waals surface area contributed by atoms with Gasteiger partial charge in [-0.25, -0.2) is 0 Å². The zero-order valence-electron chi connectivity index (χ0n) is 6.77. The van der Waals surface area contributed by atoms with E-state index in [1.54, 1.807) is 6.26 Å². The summed E-state index contributed by atoms with van der Waals surface area (Å²) in [4.78, 5) is 0. The summed E-state index contributed by atoms with van der Waals surface area (Å²) in [6.07, 6.45) is 3.62. The molecule has 0 amide bonds. The molecular formula is C8H16O. The third-order valence-corrected chi connectivity index (χ3v) is 0.749. The average Bonchev–Trinajstić information content (AvgIpc) is 1.63. The van der Waals surface area contributed by atoms with E-state index >= 15 is 0 Å². The summed E-state index contributed by atoms with van der Waals surface area (Å²) >= 11 is 0. The van der Waals surface area contributed by atoms with E-state index in [4.69, 9.17) is 4.74 Å². The predicted octanol–water partition coefficient (Wildman–Crippen LogP) is 2.58. The minimum atomic E-state index is 0.277. The number of allylic oxidation sites excluding steroid dienone is 1. The molecule has 0 aliphatic rings. The fourth-order valence-corrected chi connectivity index (χ4v) is 0.394. The SMILES string of the molecule is CC=COCC(C)(C)C. The van der Waals surface area contributed by atoms with Crippen LogP contribution in [0.5, 0.6) is 0 Å². The molecule has 0 N–H and O–H groups in total. The molecule has 9 heavy (non-hydrogen) atoms. The molecule has 0 fully saturated rings. The van der Waals surface area contributed by atoms with E-state index in [9.17, 15) is 0 Å². The molecule has 0 saturated heterocycles. The summed E-state index contributed by atoms with van der Waals surface area (Å²) in [6, 6.07) is 0. The fourth-order valence-electron chi connectivity index (χ4n) is 0.394. The van der Waals surface area contributed by atoms with E-state index in [-0.39, 0.29) is 5.41 Å². The Morgan fingerprint density at radius 1 is 1.33 bits per heavy atom. The van der Waals surface area contributed by atoms with Crippen LogP contribution in [0.1, 0.15) is 27.7 Å². The van der Waals surface area contributed by atoms with Gasteiger partial charge in [0.2, 0.25) is 0 Å². The van der Waals surface area contributed by atoms with Crippen molar-refractivity contribution in [1.29, 1.82) is 0 Å². The van der Waals surface area contributed by atoms with Crippen molar-refractivity contribution in [3.05, 3.63) is 12.3 Å². The molecule has 0 aliphatic carbocycles. The van der Waals surface area contributed by atoms with Crippen molar-refractivity contribution in [1.82, 2.24) is 0 Å². The summed E-state index contributed by atoms with van der Waals surface area (Å²) < 4.78 is 5.17. The molecule has 0 spiro atoms. The molecule has 0 unspecified atom stereocenters. The van der Waals surface area contributed by atoms with Crippen LogP contribution >= 0.6 is 0 Å². The van der Waals surface area contributed by atoms with Gasteiger partial charge in [-0.15, -0.1) is 0 Å². The maximum absolute atomic E-state index is 5.17. The van der Waals surface area contributed by atoms with Gasteiger partial charge in [0.25, 0.3) is 0 Å². The lowest BCUT2D eigenvalue weighted by atomic mass is 9.99. The standard InChI is InChI=1S/C8H16O/c1-5-6-9-7-8(2,3)4/h5-6H,7H2,1-4H3. The van der Waals surface area contributed by atoms with Gasteiger partial charge >= 0.3 is 0 Å². The Balaban J connectivity index is 3.28. The van der Waals surface area contributed by atoms with Gasteiger partial charge in [0.15, 0.2) is 0 Å². The summed E-state index contributed by atoms with van der Waals surface area (Å²) in [6.45, 7) is 9.18. The van der Waals surface area contributed by atoms with Crippen LogP contribution in [0.4, 0.5) is 0 Å². The molecule has 0 bridgehead atoms. The lowest BCUT2D eigenvalue weighted by Gasteiger charge is -2.16. The van der Waals surface area contributed by atoms with Gasteiger partial charge in [-0.2, -0.15) is 0 Å². The lowest BCUT2D eigenvalue weighted by Crippen LogP contribution is -2.12. The van der Waals surface area contributed by atoms with Crippen LogP contribution in [0.3, 0.4) is 0 Å². The molecule has 0 aromatic rings. The van der Waals surface area contributed by atoms with Crippen LogP contribution in [0.15, 0.2) is 12.3 Å². The Morgan fingerprint density at radius 3 is 2.22 bits per heavy atom. The second-order valence-corrected chi connectivity index (χ2v) is 3.34. The van der Waals surface area contributed by atoms with Gasteiger partial charge in [0, 0.05) is 0 Å². The Morgan fingerprint density at radius 2 is 1.89 bits per heavy atom. The highest BCUT2D eigenvalue weighted by molar-refractivity contribution is 4.68. The second kappa shape index (κ2) is 3.54. The Hall–Kier alpha value is -0.460. The highest BCUT2D eigenvalue weighted by Gasteiger charge is 2.08. The Bertz CT molecular complexity index is 87.2. The molecule has 54 valence electrons. The highest BCUT2D eigenvalue weighted by atomic mass is 16.5. The third-order valence-electron chi connectivity index (χ3n) is 0.749. The molecule has 0 saturated carbocycles. The molecule has 0 aromatic carbocycles. The van der Waals surface area contributed by atoms with Crippen molar-refractivity contribution >= 4 is 0 Å². The monoisotopic (exact) mass is 128 g/mol. The van der Waals surface area contributed by atoms with Gasteiger partial charge in [0.05, 0.1) is 12.9 Å². The van der Waals surface area contributed by atoms with Crippen LogP contribution in [0.2, 0.25) is 0 Å². The first-order valence-corrected chi connectivity index (χ1v) is 3.29. The van der Waals surface area contributed by atoms with Gasteiger partial charge in [-0.05, 0) is 12.3 Å². The molecule has 0 heterocycles. The zero-order chi connectivity index (χ0) is 7.33. The minimum absolute atomic E-state index is 0.277. The molecule has 0 rings (SSSR count). The number of rotatable bonds is 2. The van der Waals surface area contributed by atoms with Crippen molar-refractivity contribution in [3.8, 4) is 0 Å². The maximum atomic E-state index is 5.17. The van der Waals surface area contributed by atoms with Crippen LogP contribution in [-0.2, 0) is 4.74 Å². The molecule has 0 aromatic heterocycles. The summed E-state index contributed by atoms with van der Waals surface area (Å²) in [7, 11) is 0. The molecule has 1 nitrogen and oxygen atoms in total. The van der Waals surface area contributed by atoms with Crippen molar-refractivity contribution < 1.29 is 4.74 Å². The topological polar surface area (TPSA) is 9.23 Å². The number of hydrogen-bond acceptors (Lipinski definition) is 1. The van der Waals surface area contributed by atoms with Crippen LogP contribution < -0.4 is 0 Å². The van der Waals surface area contributed by atoms with Crippen molar-refractivity contribution in [3.63, 3.8) is 0 Å². The van der Waals surface area contributed by atoms with Crippen molar-refractivity contribution in [2.45, 2.75) is 27.7 Å². The van der Waals surface area contributed by atoms with Crippen molar-refractivity contribution in [2.24, 2.45) is 5.41 Å². The zero-order valence-corrected chi connectivity index (χ0v) is 6.77. The Labute approximate surface area is 57.7 Å². The quantitative estimate of drug-likeness (QED) is 0.519. The average molecular weight is 128 g/mol. The number of ether oxygens (including phenoxy) is 1. The van der Waals surface area contributed by atoms with Gasteiger partial charge in [-0.1, -0.05) is 26.8 Å². The normalized spacial score (nSPS) is 12.4. The number of hydrogen-bond donors (Lipinski definition) is 0. The van der Waals surface area contributed by atoms with E-state index in [0.29, 0.717) is 0 Å². The Kier molecular flexibility index (Phi) is 3.36. The molecule has 0 aliphatic heterocycles. The largest absolute Gasteiger partial charge is 0.501 e. The smallest absolute Gasteiger partial charge is 0.0921 e. The van der Waals surface area contributed by atoms with Crippen LogP contribution in [0.25, 0.3) is 0 Å². The second-order valence-electron chi connectivity index (χ2n) is 3.34. The van der Waals surface area contributed by atoms with Gasteiger partial charge in [0.1, 0.15) is 0 Å².